The van der Waals surface area contributed by atoms with Gasteiger partial charge in [-0.15, -0.1) is 16.9 Å². The van der Waals surface area contributed by atoms with Gasteiger partial charge in [0.1, 0.15) is 18.6 Å². The molecule has 0 aliphatic carbocycles. The maximum atomic E-state index is 13.2. The number of ketones is 1. The summed E-state index contributed by atoms with van der Waals surface area (Å²) in [6, 6.07) is -0.585. The molecule has 0 radical (unpaired) electrons. The van der Waals surface area contributed by atoms with Crippen molar-refractivity contribution in [1.82, 2.24) is 35.3 Å². The number of carboxylic acids is 1. The monoisotopic (exact) mass is 560 g/mol. The maximum absolute atomic E-state index is 13.2. The average Bonchev–Trinajstić information content (AvgIpc) is 3.64. The van der Waals surface area contributed by atoms with Crippen LogP contribution >= 0.6 is 11.8 Å². The molecule has 212 valence electrons. The minimum Gasteiger partial charge on any atom is -0.477 e. The molecule has 0 aromatic carbocycles. The first kappa shape index (κ1) is 27.7. The van der Waals surface area contributed by atoms with Crippen LogP contribution in [0.3, 0.4) is 0 Å². The first-order valence-corrected chi connectivity index (χ1v) is 14.5. The molecule has 14 heteroatoms. The maximum Gasteiger partial charge on any atom is 0.353 e. The van der Waals surface area contributed by atoms with Gasteiger partial charge in [-0.2, -0.15) is 0 Å². The van der Waals surface area contributed by atoms with Crippen molar-refractivity contribution < 1.29 is 24.3 Å². The van der Waals surface area contributed by atoms with Crippen LogP contribution in [0.2, 0.25) is 0 Å². The highest BCUT2D eigenvalue weighted by molar-refractivity contribution is 8.03. The standard InChI is InChI=1S/C25H36N8O5S/c1-13(7-16(34)11-32-12-28-29-30-32)19-20-14(2)22(21(25(37)38)33(20)24(19)36)39-17-8-18(27-10-17)23(35)31-5-3-15(9-26)4-6-31/h12-15,17-20,27H,3-11,26H2,1-2H3,(H,37,38)/t13-,14+,17-,18-,19+,20+/m0/s1. The molecule has 39 heavy (non-hydrogen) atoms. The smallest absolute Gasteiger partial charge is 0.353 e. The summed E-state index contributed by atoms with van der Waals surface area (Å²) in [5.74, 6) is -1.74. The van der Waals surface area contributed by atoms with Crippen molar-refractivity contribution in [2.75, 3.05) is 26.2 Å². The predicted molar refractivity (Wildman–Crippen MR) is 141 cm³/mol. The molecule has 13 nitrogen and oxygen atoms in total. The number of hydrogen-bond donors (Lipinski definition) is 3. The van der Waals surface area contributed by atoms with E-state index in [1.165, 1.54) is 27.7 Å². The van der Waals surface area contributed by atoms with Crippen LogP contribution in [0.4, 0.5) is 0 Å². The Hall–Kier alpha value is -2.84. The minimum absolute atomic E-state index is 0.0230. The van der Waals surface area contributed by atoms with Crippen molar-refractivity contribution >= 4 is 35.3 Å². The Morgan fingerprint density at radius 2 is 2.03 bits per heavy atom. The lowest BCUT2D eigenvalue weighted by atomic mass is 9.73. The van der Waals surface area contributed by atoms with Crippen molar-refractivity contribution in [3.63, 3.8) is 0 Å². The van der Waals surface area contributed by atoms with Gasteiger partial charge < -0.3 is 26.0 Å². The highest BCUT2D eigenvalue weighted by atomic mass is 32.2. The van der Waals surface area contributed by atoms with E-state index in [-0.39, 0.29) is 65.4 Å². The number of rotatable bonds is 10. The van der Waals surface area contributed by atoms with Gasteiger partial charge in [0.15, 0.2) is 5.78 Å². The number of thioether (sulfide) groups is 1. The highest BCUT2D eigenvalue weighted by Gasteiger charge is 2.60. The second-order valence-electron chi connectivity index (χ2n) is 11.2. The first-order valence-electron chi connectivity index (χ1n) is 13.6. The van der Waals surface area contributed by atoms with Gasteiger partial charge in [-0.25, -0.2) is 9.48 Å². The summed E-state index contributed by atoms with van der Waals surface area (Å²) in [4.78, 5) is 55.1. The molecule has 2 amide bonds. The van der Waals surface area contributed by atoms with Gasteiger partial charge in [0.25, 0.3) is 0 Å². The molecule has 1 aromatic rings. The van der Waals surface area contributed by atoms with E-state index in [1.807, 2.05) is 18.7 Å². The first-order chi connectivity index (χ1) is 18.7. The van der Waals surface area contributed by atoms with Crippen LogP contribution in [0.1, 0.15) is 39.5 Å². The molecule has 0 spiro atoms. The molecule has 0 unspecified atom stereocenters. The van der Waals surface area contributed by atoms with Crippen molar-refractivity contribution in [3.05, 3.63) is 16.9 Å². The molecule has 4 N–H and O–H groups in total. The molecule has 0 bridgehead atoms. The lowest BCUT2D eigenvalue weighted by Crippen LogP contribution is -2.62. The Balaban J connectivity index is 1.21. The zero-order valence-electron chi connectivity index (χ0n) is 22.2. The summed E-state index contributed by atoms with van der Waals surface area (Å²) in [6.07, 6.45) is 4.00. The molecule has 4 aliphatic rings. The topological polar surface area (TPSA) is 177 Å². The molecule has 3 saturated heterocycles. The Morgan fingerprint density at radius 3 is 2.67 bits per heavy atom. The summed E-state index contributed by atoms with van der Waals surface area (Å²) < 4.78 is 1.34. The largest absolute Gasteiger partial charge is 0.477 e. The molecule has 4 aliphatic heterocycles. The van der Waals surface area contributed by atoms with Gasteiger partial charge >= 0.3 is 5.97 Å². The number of nitrogens with zero attached hydrogens (tertiary/aromatic N) is 6. The number of piperidine rings is 1. The van der Waals surface area contributed by atoms with E-state index in [4.69, 9.17) is 5.73 Å². The van der Waals surface area contributed by atoms with Crippen molar-refractivity contribution in [3.8, 4) is 0 Å². The molecule has 0 saturated carbocycles. The number of hydrogen-bond acceptors (Lipinski definition) is 10. The van der Waals surface area contributed by atoms with E-state index in [9.17, 15) is 24.3 Å². The number of carboxylic acid groups (broad SMARTS) is 1. The number of nitrogens with two attached hydrogens (primary N) is 1. The van der Waals surface area contributed by atoms with Crippen molar-refractivity contribution in [2.45, 2.75) is 63.4 Å². The van der Waals surface area contributed by atoms with Gasteiger partial charge in [0, 0.05) is 42.1 Å². The number of fused-ring (bicyclic) bond motifs is 1. The van der Waals surface area contributed by atoms with E-state index < -0.39 is 11.9 Å². The van der Waals surface area contributed by atoms with Crippen LogP contribution in [0.25, 0.3) is 0 Å². The molecule has 3 fully saturated rings. The Morgan fingerprint density at radius 1 is 1.28 bits per heavy atom. The highest BCUT2D eigenvalue weighted by Crippen LogP contribution is 2.53. The van der Waals surface area contributed by atoms with Gasteiger partial charge in [0.2, 0.25) is 11.8 Å². The van der Waals surface area contributed by atoms with Crippen molar-refractivity contribution in [2.24, 2.45) is 29.4 Å². The number of β-lactam (4-membered cyclic amide) rings is 1. The minimum atomic E-state index is -1.12. The number of aliphatic carboxylic acids is 1. The molecule has 5 heterocycles. The number of carbonyl (C=O) groups excluding carboxylic acids is 3. The van der Waals surface area contributed by atoms with Crippen LogP contribution in [0, 0.1) is 23.7 Å². The predicted octanol–water partition coefficient (Wildman–Crippen LogP) is -0.298. The van der Waals surface area contributed by atoms with Gasteiger partial charge in [-0.3, -0.25) is 14.4 Å². The fraction of sp³-hybridized carbons (Fsp3) is 0.720. The summed E-state index contributed by atoms with van der Waals surface area (Å²) in [6.45, 7) is 6.53. The van der Waals surface area contributed by atoms with E-state index in [2.05, 4.69) is 20.8 Å². The Bertz CT molecular complexity index is 1150. The molecule has 5 rings (SSSR count). The third-order valence-electron chi connectivity index (χ3n) is 8.63. The molecular weight excluding hydrogens is 524 g/mol. The van der Waals surface area contributed by atoms with E-state index in [0.29, 0.717) is 30.3 Å². The second kappa shape index (κ2) is 11.3. The van der Waals surface area contributed by atoms with Crippen molar-refractivity contribution in [1.29, 1.82) is 0 Å². The SMILES string of the molecule is C[C@@H](CC(=O)Cn1cnnn1)[C@H]1C(=O)N2C(C(=O)O)=C(S[C@@H]3CN[C@H](C(=O)N4CCC(CN)CC4)C3)[C@H](C)[C@H]12. The van der Waals surface area contributed by atoms with Crippen LogP contribution in [0.5, 0.6) is 0 Å². The van der Waals surface area contributed by atoms with Crippen LogP contribution in [-0.2, 0) is 25.7 Å². The fourth-order valence-electron chi connectivity index (χ4n) is 6.52. The Kier molecular flexibility index (Phi) is 8.06. The third-order valence-corrected chi connectivity index (χ3v) is 10.1. The summed E-state index contributed by atoms with van der Waals surface area (Å²) in [7, 11) is 0. The third kappa shape index (κ3) is 5.33. The van der Waals surface area contributed by atoms with Crippen LogP contribution in [0.15, 0.2) is 16.9 Å². The number of tetrazole rings is 1. The van der Waals surface area contributed by atoms with Crippen LogP contribution in [-0.4, -0.2) is 102 Å². The number of aromatic nitrogens is 4. The summed E-state index contributed by atoms with van der Waals surface area (Å²) in [5, 5.41) is 24.2. The zero-order chi connectivity index (χ0) is 27.8. The molecular formula is C25H36N8O5S. The zero-order valence-corrected chi connectivity index (χ0v) is 23.0. The number of nitrogens with one attached hydrogen (secondary N) is 1. The number of amides is 2. The van der Waals surface area contributed by atoms with E-state index >= 15 is 0 Å². The van der Waals surface area contributed by atoms with Gasteiger partial charge in [0.05, 0.1) is 18.0 Å². The molecule has 6 atom stereocenters. The number of likely N-dealkylation sites (tertiary alicyclic amines) is 1. The lowest BCUT2D eigenvalue weighted by molar-refractivity contribution is -0.160. The molecule has 1 aromatic heterocycles. The number of carbonyl (C=O) groups is 4. The lowest BCUT2D eigenvalue weighted by Gasteiger charge is -2.47. The summed E-state index contributed by atoms with van der Waals surface area (Å²) in [5.41, 5.74) is 5.82. The quantitative estimate of drug-likeness (QED) is 0.320. The average molecular weight is 561 g/mol. The Labute approximate surface area is 230 Å². The number of Topliss-reactive ketones (excluding diaryl/α,β-unsaturated/α-hetero) is 1. The normalized spacial score (nSPS) is 29.9. The van der Waals surface area contributed by atoms with Gasteiger partial charge in [-0.1, -0.05) is 13.8 Å². The van der Waals surface area contributed by atoms with Crippen LogP contribution < -0.4 is 11.1 Å². The second-order valence-corrected chi connectivity index (χ2v) is 12.5. The van der Waals surface area contributed by atoms with Gasteiger partial charge in [-0.05, 0) is 48.1 Å². The van der Waals surface area contributed by atoms with E-state index in [1.54, 1.807) is 0 Å². The fourth-order valence-corrected chi connectivity index (χ4v) is 8.00. The van der Waals surface area contributed by atoms with E-state index in [0.717, 1.165) is 25.9 Å². The summed E-state index contributed by atoms with van der Waals surface area (Å²) >= 11 is 1.47.